The number of hydrogen-bond acceptors (Lipinski definition) is 2. The molecule has 0 aromatic heterocycles. The van der Waals surface area contributed by atoms with Crippen molar-refractivity contribution in [3.8, 4) is 0 Å². The second-order valence-corrected chi connectivity index (χ2v) is 9.94. The molecule has 4 aromatic carbocycles. The van der Waals surface area contributed by atoms with Gasteiger partial charge in [-0.25, -0.2) is 0 Å². The van der Waals surface area contributed by atoms with E-state index in [1.165, 1.54) is 16.2 Å². The monoisotopic (exact) mass is 424 g/mol. The van der Waals surface area contributed by atoms with Crippen molar-refractivity contribution in [2.24, 2.45) is 5.73 Å². The second-order valence-electron chi connectivity index (χ2n) is 7.60. The lowest BCUT2D eigenvalue weighted by Gasteiger charge is -2.27. The van der Waals surface area contributed by atoms with Gasteiger partial charge in [-0.2, -0.15) is 0 Å². The zero-order valence-electron chi connectivity index (χ0n) is 17.6. The van der Waals surface area contributed by atoms with E-state index in [0.29, 0.717) is 0 Å². The summed E-state index contributed by atoms with van der Waals surface area (Å²) in [6.07, 6.45) is 1.06. The summed E-state index contributed by atoms with van der Waals surface area (Å²) in [5.41, 5.74) is 9.13. The molecule has 0 aliphatic carbocycles. The van der Waals surface area contributed by atoms with Crippen molar-refractivity contribution < 1.29 is 0 Å². The highest BCUT2D eigenvalue weighted by atomic mass is 31.1. The van der Waals surface area contributed by atoms with Crippen molar-refractivity contribution in [3.05, 3.63) is 132 Å². The Morgan fingerprint density at radius 2 is 1.00 bits per heavy atom. The average molecular weight is 425 g/mol. The Morgan fingerprint density at radius 1 is 0.581 bits per heavy atom. The summed E-state index contributed by atoms with van der Waals surface area (Å²) in [5.74, 6) is 0. The second kappa shape index (κ2) is 11.0. The zero-order chi connectivity index (χ0) is 21.3. The number of hydrogen-bond donors (Lipinski definition) is 2. The third-order valence-electron chi connectivity index (χ3n) is 5.54. The molecule has 0 saturated heterocycles. The number of benzene rings is 4. The van der Waals surface area contributed by atoms with E-state index < -0.39 is 7.92 Å². The van der Waals surface area contributed by atoms with Gasteiger partial charge in [0.15, 0.2) is 0 Å². The lowest BCUT2D eigenvalue weighted by molar-refractivity contribution is 0.466. The highest BCUT2D eigenvalue weighted by Gasteiger charge is 2.22. The predicted octanol–water partition coefficient (Wildman–Crippen LogP) is 5.15. The first-order valence-corrected chi connectivity index (χ1v) is 12.3. The van der Waals surface area contributed by atoms with Crippen LogP contribution in [-0.4, -0.2) is 12.7 Å². The van der Waals surface area contributed by atoms with Crippen LogP contribution in [-0.2, 0) is 0 Å². The van der Waals surface area contributed by atoms with Crippen molar-refractivity contribution in [1.82, 2.24) is 5.32 Å². The smallest absolute Gasteiger partial charge is 0.0516 e. The maximum atomic E-state index is 6.75. The number of rotatable bonds is 9. The SMILES string of the molecule is N[C@@H](c1ccccc1)[C@@H](NCCP(c1ccccc1)c1ccccc1)c1ccccc1. The summed E-state index contributed by atoms with van der Waals surface area (Å²) in [5, 5.41) is 6.62. The zero-order valence-corrected chi connectivity index (χ0v) is 18.5. The number of nitrogens with two attached hydrogens (primary N) is 1. The Kier molecular flexibility index (Phi) is 7.63. The van der Waals surface area contributed by atoms with Crippen molar-refractivity contribution in [2.45, 2.75) is 12.1 Å². The van der Waals surface area contributed by atoms with Gasteiger partial charge in [-0.05, 0) is 35.8 Å². The Balaban J connectivity index is 1.53. The van der Waals surface area contributed by atoms with Crippen LogP contribution in [0, 0.1) is 0 Å². The maximum Gasteiger partial charge on any atom is 0.0516 e. The van der Waals surface area contributed by atoms with Gasteiger partial charge in [0.25, 0.3) is 0 Å². The molecule has 0 amide bonds. The minimum atomic E-state index is -0.427. The van der Waals surface area contributed by atoms with Gasteiger partial charge in [-0.1, -0.05) is 121 Å². The summed E-state index contributed by atoms with van der Waals surface area (Å²) in [6, 6.07) is 42.6. The molecular formula is C28H29N2P. The van der Waals surface area contributed by atoms with Gasteiger partial charge in [-0.15, -0.1) is 0 Å². The van der Waals surface area contributed by atoms with Gasteiger partial charge in [0, 0.05) is 12.6 Å². The van der Waals surface area contributed by atoms with Crippen LogP contribution in [0.3, 0.4) is 0 Å². The molecule has 0 heterocycles. The first-order chi connectivity index (χ1) is 15.3. The van der Waals surface area contributed by atoms with Crippen molar-refractivity contribution in [2.75, 3.05) is 12.7 Å². The molecule has 156 valence electrons. The number of nitrogens with one attached hydrogen (secondary N) is 1. The van der Waals surface area contributed by atoms with Crippen molar-refractivity contribution in [1.29, 1.82) is 0 Å². The highest BCUT2D eigenvalue weighted by Crippen LogP contribution is 2.33. The third kappa shape index (κ3) is 5.68. The fraction of sp³-hybridized carbons (Fsp3) is 0.143. The molecule has 3 heteroatoms. The van der Waals surface area contributed by atoms with Crippen molar-refractivity contribution >= 4 is 18.5 Å². The molecule has 0 aliphatic heterocycles. The molecule has 4 aromatic rings. The van der Waals surface area contributed by atoms with E-state index in [1.54, 1.807) is 0 Å². The molecule has 0 radical (unpaired) electrons. The molecule has 2 atom stereocenters. The maximum absolute atomic E-state index is 6.75. The van der Waals surface area contributed by atoms with Crippen LogP contribution >= 0.6 is 7.92 Å². The lowest BCUT2D eigenvalue weighted by Crippen LogP contribution is -2.34. The molecule has 4 rings (SSSR count). The average Bonchev–Trinajstić information content (AvgIpc) is 2.86. The van der Waals surface area contributed by atoms with Crippen LogP contribution in [0.25, 0.3) is 0 Å². The van der Waals surface area contributed by atoms with Gasteiger partial charge in [0.2, 0.25) is 0 Å². The molecule has 0 unspecified atom stereocenters. The Bertz CT molecular complexity index is 984. The van der Waals surface area contributed by atoms with Crippen LogP contribution in [0.2, 0.25) is 0 Å². The molecule has 0 bridgehead atoms. The molecule has 0 aliphatic rings. The van der Waals surface area contributed by atoms with Gasteiger partial charge >= 0.3 is 0 Å². The summed E-state index contributed by atoms with van der Waals surface area (Å²) in [6.45, 7) is 0.898. The summed E-state index contributed by atoms with van der Waals surface area (Å²) >= 11 is 0. The normalized spacial score (nSPS) is 13.1. The Morgan fingerprint density at radius 3 is 1.48 bits per heavy atom. The topological polar surface area (TPSA) is 38.0 Å². The van der Waals surface area contributed by atoms with Gasteiger partial charge in [-0.3, -0.25) is 0 Å². The third-order valence-corrected chi connectivity index (χ3v) is 8.05. The largest absolute Gasteiger partial charge is 0.322 e. The van der Waals surface area contributed by atoms with Crippen LogP contribution < -0.4 is 21.7 Å². The van der Waals surface area contributed by atoms with Crippen LogP contribution in [0.5, 0.6) is 0 Å². The van der Waals surface area contributed by atoms with E-state index in [0.717, 1.165) is 18.3 Å². The van der Waals surface area contributed by atoms with Crippen LogP contribution in [0.4, 0.5) is 0 Å². The van der Waals surface area contributed by atoms with E-state index in [9.17, 15) is 0 Å². The van der Waals surface area contributed by atoms with E-state index in [2.05, 4.69) is 121 Å². The predicted molar refractivity (Wildman–Crippen MR) is 134 cm³/mol. The van der Waals surface area contributed by atoms with E-state index >= 15 is 0 Å². The van der Waals surface area contributed by atoms with Gasteiger partial charge < -0.3 is 11.1 Å². The molecular weight excluding hydrogens is 395 g/mol. The standard InChI is InChI=1S/C28H29N2P/c29-27(23-13-5-1-6-14-23)28(24-15-7-2-8-16-24)30-21-22-31(25-17-9-3-10-18-25)26-19-11-4-12-20-26/h1-20,27-28,30H,21-22,29H2/t27-,28-/m0/s1. The molecule has 0 spiro atoms. The van der Waals surface area contributed by atoms with Gasteiger partial charge in [0.05, 0.1) is 6.04 Å². The summed E-state index contributed by atoms with van der Waals surface area (Å²) in [7, 11) is -0.427. The summed E-state index contributed by atoms with van der Waals surface area (Å²) < 4.78 is 0. The van der Waals surface area contributed by atoms with E-state index in [-0.39, 0.29) is 12.1 Å². The first-order valence-electron chi connectivity index (χ1n) is 10.8. The lowest BCUT2D eigenvalue weighted by atomic mass is 9.94. The van der Waals surface area contributed by atoms with Crippen LogP contribution in [0.1, 0.15) is 23.2 Å². The molecule has 31 heavy (non-hydrogen) atoms. The molecule has 0 fully saturated rings. The highest BCUT2D eigenvalue weighted by molar-refractivity contribution is 7.73. The Labute approximate surface area is 186 Å². The Hall–Kier alpha value is -2.77. The van der Waals surface area contributed by atoms with E-state index in [1.807, 2.05) is 6.07 Å². The van der Waals surface area contributed by atoms with Crippen LogP contribution in [0.15, 0.2) is 121 Å². The molecule has 3 N–H and O–H groups in total. The first kappa shape index (κ1) is 21.5. The minimum absolute atomic E-state index is 0.0620. The minimum Gasteiger partial charge on any atom is -0.322 e. The quantitative estimate of drug-likeness (QED) is 0.365. The molecule has 0 saturated carbocycles. The van der Waals surface area contributed by atoms with Crippen molar-refractivity contribution in [3.63, 3.8) is 0 Å². The molecule has 2 nitrogen and oxygen atoms in total. The summed E-state index contributed by atoms with van der Waals surface area (Å²) in [4.78, 5) is 0. The van der Waals surface area contributed by atoms with E-state index in [4.69, 9.17) is 5.73 Å². The fourth-order valence-electron chi connectivity index (χ4n) is 3.94. The fourth-order valence-corrected chi connectivity index (χ4v) is 6.17. The van der Waals surface area contributed by atoms with Gasteiger partial charge in [0.1, 0.15) is 0 Å².